The van der Waals surface area contributed by atoms with Crippen molar-refractivity contribution >= 4 is 35.1 Å². The monoisotopic (exact) mass is 303 g/mol. The number of halogens is 2. The van der Waals surface area contributed by atoms with Gasteiger partial charge in [-0.05, 0) is 24.6 Å². The molecule has 19 heavy (non-hydrogen) atoms. The summed E-state index contributed by atoms with van der Waals surface area (Å²) >= 11 is 11.7. The van der Waals surface area contributed by atoms with Crippen molar-refractivity contribution in [3.8, 4) is 0 Å². The van der Waals surface area contributed by atoms with Crippen LogP contribution in [0.4, 0.5) is 0 Å². The van der Waals surface area contributed by atoms with Gasteiger partial charge in [0.25, 0.3) is 0 Å². The van der Waals surface area contributed by atoms with Crippen LogP contribution in [0.1, 0.15) is 18.9 Å². The van der Waals surface area contributed by atoms with Gasteiger partial charge >= 0.3 is 5.97 Å². The summed E-state index contributed by atoms with van der Waals surface area (Å²) in [6.45, 7) is 2.51. The molecule has 0 spiro atoms. The van der Waals surface area contributed by atoms with Crippen LogP contribution >= 0.6 is 23.2 Å². The molecular weight excluding hydrogens is 289 g/mol. The molecule has 6 heteroatoms. The Labute approximate surface area is 121 Å². The van der Waals surface area contributed by atoms with Crippen molar-refractivity contribution in [2.24, 2.45) is 0 Å². The molecule has 4 nitrogen and oxygen atoms in total. The van der Waals surface area contributed by atoms with Crippen LogP contribution in [0.25, 0.3) is 0 Å². The first-order valence-electron chi connectivity index (χ1n) is 5.87. The summed E-state index contributed by atoms with van der Waals surface area (Å²) in [6.07, 6.45) is 0.130. The Morgan fingerprint density at radius 2 is 1.95 bits per heavy atom. The van der Waals surface area contributed by atoms with Gasteiger partial charge in [0, 0.05) is 13.1 Å². The molecule has 0 saturated heterocycles. The number of rotatable bonds is 6. The Morgan fingerprint density at radius 3 is 2.47 bits per heavy atom. The number of carboxylic acids is 1. The average Bonchev–Trinajstić information content (AvgIpc) is 2.34. The minimum Gasteiger partial charge on any atom is -0.481 e. The first-order valence-corrected chi connectivity index (χ1v) is 6.63. The van der Waals surface area contributed by atoms with Gasteiger partial charge in [0.2, 0.25) is 5.91 Å². The molecule has 0 radical (unpaired) electrons. The number of hydrogen-bond acceptors (Lipinski definition) is 2. The van der Waals surface area contributed by atoms with Crippen LogP contribution in [0.5, 0.6) is 0 Å². The Balaban J connectivity index is 2.65. The van der Waals surface area contributed by atoms with E-state index in [0.717, 1.165) is 5.56 Å². The third kappa shape index (κ3) is 5.09. The van der Waals surface area contributed by atoms with Crippen molar-refractivity contribution in [2.45, 2.75) is 19.8 Å². The second-order valence-electron chi connectivity index (χ2n) is 4.04. The smallest absolute Gasteiger partial charge is 0.305 e. The second-order valence-corrected chi connectivity index (χ2v) is 4.86. The van der Waals surface area contributed by atoms with Crippen LogP contribution < -0.4 is 0 Å². The quantitative estimate of drug-likeness (QED) is 0.879. The normalized spacial score (nSPS) is 10.3. The zero-order valence-electron chi connectivity index (χ0n) is 10.5. The predicted octanol–water partition coefficient (Wildman–Crippen LogP) is 2.86. The maximum atomic E-state index is 12.0. The molecule has 1 N–H and O–H groups in total. The van der Waals surface area contributed by atoms with E-state index in [1.807, 2.05) is 6.92 Å². The summed E-state index contributed by atoms with van der Waals surface area (Å²) in [5.74, 6) is -1.04. The molecule has 1 aromatic rings. The van der Waals surface area contributed by atoms with Crippen molar-refractivity contribution in [2.75, 3.05) is 13.1 Å². The minimum atomic E-state index is -0.916. The summed E-state index contributed by atoms with van der Waals surface area (Å²) < 4.78 is 0. The van der Waals surface area contributed by atoms with Gasteiger partial charge in [0.1, 0.15) is 0 Å². The molecule has 0 saturated carbocycles. The van der Waals surface area contributed by atoms with Gasteiger partial charge in [-0.1, -0.05) is 29.3 Å². The first-order chi connectivity index (χ1) is 8.93. The molecule has 0 fully saturated rings. The van der Waals surface area contributed by atoms with Gasteiger partial charge < -0.3 is 10.0 Å². The van der Waals surface area contributed by atoms with Crippen LogP contribution in [-0.4, -0.2) is 35.0 Å². The third-order valence-electron chi connectivity index (χ3n) is 2.67. The fourth-order valence-electron chi connectivity index (χ4n) is 1.63. The van der Waals surface area contributed by atoms with E-state index in [2.05, 4.69) is 0 Å². The van der Waals surface area contributed by atoms with E-state index >= 15 is 0 Å². The largest absolute Gasteiger partial charge is 0.481 e. The molecule has 0 heterocycles. The molecule has 0 atom stereocenters. The van der Waals surface area contributed by atoms with Crippen LogP contribution in [0.15, 0.2) is 18.2 Å². The lowest BCUT2D eigenvalue weighted by molar-refractivity contribution is -0.138. The number of carbonyl (C=O) groups is 2. The standard InChI is InChI=1S/C13H15Cl2NO3/c1-2-16(6-5-13(18)19)12(17)8-9-3-4-10(14)11(15)7-9/h3-4,7H,2,5-6,8H2,1H3,(H,18,19). The lowest BCUT2D eigenvalue weighted by atomic mass is 10.1. The highest BCUT2D eigenvalue weighted by atomic mass is 35.5. The van der Waals surface area contributed by atoms with Gasteiger partial charge in [-0.25, -0.2) is 0 Å². The molecule has 0 bridgehead atoms. The van der Waals surface area contributed by atoms with Crippen molar-refractivity contribution in [1.29, 1.82) is 0 Å². The van der Waals surface area contributed by atoms with Crippen LogP contribution in [0, 0.1) is 0 Å². The number of carboxylic acid groups (broad SMARTS) is 1. The Morgan fingerprint density at radius 1 is 1.26 bits per heavy atom. The summed E-state index contributed by atoms with van der Waals surface area (Å²) in [5.41, 5.74) is 0.758. The Kier molecular flexibility index (Phi) is 6.12. The third-order valence-corrected chi connectivity index (χ3v) is 3.41. The van der Waals surface area contributed by atoms with Gasteiger partial charge in [0.05, 0.1) is 22.9 Å². The molecule has 1 aromatic carbocycles. The molecule has 0 aromatic heterocycles. The van der Waals surface area contributed by atoms with Crippen LogP contribution in [0.3, 0.4) is 0 Å². The highest BCUT2D eigenvalue weighted by molar-refractivity contribution is 6.42. The molecule has 0 unspecified atom stereocenters. The van der Waals surface area contributed by atoms with E-state index in [0.29, 0.717) is 16.6 Å². The van der Waals surface area contributed by atoms with E-state index in [1.165, 1.54) is 4.90 Å². The maximum absolute atomic E-state index is 12.0. The fourth-order valence-corrected chi connectivity index (χ4v) is 1.95. The number of aliphatic carboxylic acids is 1. The van der Waals surface area contributed by atoms with Crippen LogP contribution in [-0.2, 0) is 16.0 Å². The number of benzene rings is 1. The predicted molar refractivity (Wildman–Crippen MR) is 74.7 cm³/mol. The molecule has 0 aliphatic carbocycles. The average molecular weight is 304 g/mol. The van der Waals surface area contributed by atoms with Crippen molar-refractivity contribution in [3.63, 3.8) is 0 Å². The lowest BCUT2D eigenvalue weighted by Crippen LogP contribution is -2.34. The van der Waals surface area contributed by atoms with E-state index in [-0.39, 0.29) is 25.3 Å². The lowest BCUT2D eigenvalue weighted by Gasteiger charge is -2.20. The number of carbonyl (C=O) groups excluding carboxylic acids is 1. The van der Waals surface area contributed by atoms with Crippen molar-refractivity contribution in [1.82, 2.24) is 4.90 Å². The summed E-state index contributed by atoms with van der Waals surface area (Å²) in [6, 6.07) is 5.02. The number of amides is 1. The molecule has 0 aliphatic heterocycles. The zero-order valence-corrected chi connectivity index (χ0v) is 12.0. The SMILES string of the molecule is CCN(CCC(=O)O)C(=O)Cc1ccc(Cl)c(Cl)c1. The van der Waals surface area contributed by atoms with Gasteiger partial charge in [0.15, 0.2) is 0 Å². The van der Waals surface area contributed by atoms with Crippen molar-refractivity contribution < 1.29 is 14.7 Å². The number of likely N-dealkylation sites (N-methyl/N-ethyl adjacent to an activating group) is 1. The summed E-state index contributed by atoms with van der Waals surface area (Å²) in [7, 11) is 0. The molecule has 1 amide bonds. The maximum Gasteiger partial charge on any atom is 0.305 e. The molecule has 104 valence electrons. The van der Waals surface area contributed by atoms with Crippen LogP contribution in [0.2, 0.25) is 10.0 Å². The number of hydrogen-bond donors (Lipinski definition) is 1. The highest BCUT2D eigenvalue weighted by Gasteiger charge is 2.14. The highest BCUT2D eigenvalue weighted by Crippen LogP contribution is 2.23. The van der Waals surface area contributed by atoms with E-state index in [1.54, 1.807) is 18.2 Å². The fraction of sp³-hybridized carbons (Fsp3) is 0.385. The van der Waals surface area contributed by atoms with E-state index in [4.69, 9.17) is 28.3 Å². The Hall–Kier alpha value is -1.26. The first kappa shape index (κ1) is 15.8. The molecule has 1 rings (SSSR count). The van der Waals surface area contributed by atoms with Gasteiger partial charge in [-0.3, -0.25) is 9.59 Å². The Bertz CT molecular complexity index is 477. The summed E-state index contributed by atoms with van der Waals surface area (Å²) in [5, 5.41) is 9.47. The topological polar surface area (TPSA) is 57.6 Å². The minimum absolute atomic E-state index is 0.0546. The second kappa shape index (κ2) is 7.36. The van der Waals surface area contributed by atoms with Gasteiger partial charge in [-0.15, -0.1) is 0 Å². The molecular formula is C13H15Cl2NO3. The van der Waals surface area contributed by atoms with E-state index < -0.39 is 5.97 Å². The summed E-state index contributed by atoms with van der Waals surface area (Å²) in [4.78, 5) is 24.0. The van der Waals surface area contributed by atoms with E-state index in [9.17, 15) is 9.59 Å². The molecule has 0 aliphatic rings. The van der Waals surface area contributed by atoms with Gasteiger partial charge in [-0.2, -0.15) is 0 Å². The zero-order chi connectivity index (χ0) is 14.4. The van der Waals surface area contributed by atoms with Crippen molar-refractivity contribution in [3.05, 3.63) is 33.8 Å². The number of nitrogens with zero attached hydrogens (tertiary/aromatic N) is 1.